The van der Waals surface area contributed by atoms with Crippen molar-refractivity contribution < 1.29 is 22.7 Å². The van der Waals surface area contributed by atoms with Crippen molar-refractivity contribution in [1.29, 1.82) is 0 Å². The predicted octanol–water partition coefficient (Wildman–Crippen LogP) is 0.903. The largest absolute Gasteiger partial charge is 0.439 e. The number of benzene rings is 1. The van der Waals surface area contributed by atoms with Gasteiger partial charge in [0.2, 0.25) is 5.91 Å². The lowest BCUT2D eigenvalue weighted by Gasteiger charge is -2.21. The number of carbonyl (C=O) groups excluding carboxylic acids is 2. The van der Waals surface area contributed by atoms with Gasteiger partial charge in [-0.15, -0.1) is 0 Å². The van der Waals surface area contributed by atoms with Gasteiger partial charge in [0.15, 0.2) is 15.4 Å². The molecule has 8 heteroatoms. The van der Waals surface area contributed by atoms with Crippen molar-refractivity contribution in [3.63, 3.8) is 0 Å². The Morgan fingerprint density at radius 3 is 2.58 bits per heavy atom. The van der Waals surface area contributed by atoms with Crippen LogP contribution in [0.1, 0.15) is 12.8 Å². The second-order valence-electron chi connectivity index (χ2n) is 6.35. The van der Waals surface area contributed by atoms with E-state index < -0.39 is 15.4 Å². The van der Waals surface area contributed by atoms with Crippen LogP contribution in [0.25, 0.3) is 0 Å². The van der Waals surface area contributed by atoms with E-state index in [0.717, 1.165) is 0 Å². The maximum Gasteiger partial charge on any atom is 0.410 e. The Balaban J connectivity index is 1.58. The molecule has 0 unspecified atom stereocenters. The molecule has 2 saturated heterocycles. The number of ether oxygens (including phenoxy) is 1. The van der Waals surface area contributed by atoms with E-state index in [0.29, 0.717) is 26.1 Å². The number of likely N-dealkylation sites (tertiary alicyclic amines) is 1. The van der Waals surface area contributed by atoms with E-state index in [4.69, 9.17) is 4.74 Å². The SMILES string of the molecule is CN1C[C@@]2(CCN(C(=O)CCS(=O)(=O)c3ccccc3)C2)OC1=O. The molecule has 2 amide bonds. The summed E-state index contributed by atoms with van der Waals surface area (Å²) in [6.45, 7) is 1.26. The van der Waals surface area contributed by atoms with Crippen LogP contribution in [0.3, 0.4) is 0 Å². The summed E-state index contributed by atoms with van der Waals surface area (Å²) in [6.07, 6.45) is 0.133. The molecule has 0 N–H and O–H groups in total. The van der Waals surface area contributed by atoms with Crippen LogP contribution < -0.4 is 0 Å². The number of hydrogen-bond donors (Lipinski definition) is 0. The summed E-state index contributed by atoms with van der Waals surface area (Å²) >= 11 is 0. The summed E-state index contributed by atoms with van der Waals surface area (Å²) in [4.78, 5) is 27.2. The smallest absolute Gasteiger partial charge is 0.410 e. The van der Waals surface area contributed by atoms with Gasteiger partial charge in [-0.05, 0) is 12.1 Å². The van der Waals surface area contributed by atoms with Crippen molar-refractivity contribution in [2.75, 3.05) is 32.4 Å². The highest BCUT2D eigenvalue weighted by Gasteiger charge is 2.49. The third kappa shape index (κ3) is 3.24. The van der Waals surface area contributed by atoms with Gasteiger partial charge in [0.1, 0.15) is 0 Å². The van der Waals surface area contributed by atoms with Crippen molar-refractivity contribution in [1.82, 2.24) is 9.80 Å². The molecule has 24 heavy (non-hydrogen) atoms. The Kier molecular flexibility index (Phi) is 4.25. The molecule has 2 aliphatic heterocycles. The summed E-state index contributed by atoms with van der Waals surface area (Å²) in [5.41, 5.74) is -0.639. The minimum atomic E-state index is -3.47. The van der Waals surface area contributed by atoms with Gasteiger partial charge >= 0.3 is 6.09 Å². The summed E-state index contributed by atoms with van der Waals surface area (Å²) in [6, 6.07) is 8.11. The fourth-order valence-corrected chi connectivity index (χ4v) is 4.44. The van der Waals surface area contributed by atoms with Crippen molar-refractivity contribution >= 4 is 21.8 Å². The summed E-state index contributed by atoms with van der Waals surface area (Å²) in [5, 5.41) is 0. The molecular weight excluding hydrogens is 332 g/mol. The minimum absolute atomic E-state index is 0.0723. The quantitative estimate of drug-likeness (QED) is 0.804. The first-order valence-corrected chi connectivity index (χ1v) is 9.46. The Labute approximate surface area is 141 Å². The van der Waals surface area contributed by atoms with Crippen LogP contribution in [0.5, 0.6) is 0 Å². The highest BCUT2D eigenvalue weighted by atomic mass is 32.2. The number of likely N-dealkylation sites (N-methyl/N-ethyl adjacent to an activating group) is 1. The van der Waals surface area contributed by atoms with E-state index in [1.165, 1.54) is 17.0 Å². The average molecular weight is 352 g/mol. The van der Waals surface area contributed by atoms with Crippen LogP contribution >= 0.6 is 0 Å². The van der Waals surface area contributed by atoms with E-state index in [1.807, 2.05) is 0 Å². The minimum Gasteiger partial charge on any atom is -0.439 e. The van der Waals surface area contributed by atoms with Gasteiger partial charge in [-0.3, -0.25) is 4.79 Å². The van der Waals surface area contributed by atoms with Crippen molar-refractivity contribution in [2.24, 2.45) is 0 Å². The highest BCUT2D eigenvalue weighted by molar-refractivity contribution is 7.91. The Bertz CT molecular complexity index is 749. The first-order valence-electron chi connectivity index (χ1n) is 7.81. The summed E-state index contributed by atoms with van der Waals surface area (Å²) in [5.74, 6) is -0.448. The number of carbonyl (C=O) groups is 2. The van der Waals surface area contributed by atoms with E-state index >= 15 is 0 Å². The monoisotopic (exact) mass is 352 g/mol. The van der Waals surface area contributed by atoms with Crippen LogP contribution in [0.15, 0.2) is 35.2 Å². The summed E-state index contributed by atoms with van der Waals surface area (Å²) < 4.78 is 29.9. The number of sulfone groups is 1. The lowest BCUT2D eigenvalue weighted by Crippen LogP contribution is -2.39. The lowest BCUT2D eigenvalue weighted by atomic mass is 10.0. The van der Waals surface area contributed by atoms with Crippen LogP contribution in [0, 0.1) is 0 Å². The molecule has 0 aromatic heterocycles. The molecule has 1 aromatic rings. The molecule has 2 aliphatic rings. The van der Waals surface area contributed by atoms with Crippen LogP contribution in [0.4, 0.5) is 4.79 Å². The molecule has 0 aliphatic carbocycles. The normalized spacial score (nSPS) is 23.8. The van der Waals surface area contributed by atoms with Gasteiger partial charge in [0, 0.05) is 26.4 Å². The number of amides is 2. The van der Waals surface area contributed by atoms with E-state index in [1.54, 1.807) is 30.1 Å². The Hall–Kier alpha value is -2.09. The highest BCUT2D eigenvalue weighted by Crippen LogP contribution is 2.32. The zero-order valence-electron chi connectivity index (χ0n) is 13.5. The molecule has 2 heterocycles. The molecule has 7 nitrogen and oxygen atoms in total. The molecule has 1 atom stereocenters. The van der Waals surface area contributed by atoms with E-state index in [9.17, 15) is 18.0 Å². The average Bonchev–Trinajstić information content (AvgIpc) is 3.09. The summed E-state index contributed by atoms with van der Waals surface area (Å²) in [7, 11) is -1.81. The molecule has 130 valence electrons. The maximum atomic E-state index is 12.3. The molecule has 3 rings (SSSR count). The molecule has 1 aromatic carbocycles. The van der Waals surface area contributed by atoms with Crippen LogP contribution in [0.2, 0.25) is 0 Å². The fraction of sp³-hybridized carbons (Fsp3) is 0.500. The zero-order chi connectivity index (χ0) is 17.4. The molecule has 0 saturated carbocycles. The third-order valence-corrected chi connectivity index (χ3v) is 6.23. The second-order valence-corrected chi connectivity index (χ2v) is 8.46. The van der Waals surface area contributed by atoms with Gasteiger partial charge in [0.05, 0.1) is 23.7 Å². The van der Waals surface area contributed by atoms with E-state index in [-0.39, 0.29) is 29.1 Å². The fourth-order valence-electron chi connectivity index (χ4n) is 3.19. The topological polar surface area (TPSA) is 84.0 Å². The van der Waals surface area contributed by atoms with Gasteiger partial charge in [-0.1, -0.05) is 18.2 Å². The third-order valence-electron chi connectivity index (χ3n) is 4.50. The van der Waals surface area contributed by atoms with Crippen LogP contribution in [-0.4, -0.2) is 68.3 Å². The van der Waals surface area contributed by atoms with Crippen LogP contribution in [-0.2, 0) is 19.4 Å². The van der Waals surface area contributed by atoms with Crippen molar-refractivity contribution in [3.8, 4) is 0 Å². The zero-order valence-corrected chi connectivity index (χ0v) is 14.3. The van der Waals surface area contributed by atoms with Gasteiger partial charge in [-0.2, -0.15) is 0 Å². The van der Waals surface area contributed by atoms with Gasteiger partial charge < -0.3 is 14.5 Å². The first-order chi connectivity index (χ1) is 11.3. The maximum absolute atomic E-state index is 12.3. The first kappa shape index (κ1) is 16.8. The van der Waals surface area contributed by atoms with Gasteiger partial charge in [-0.25, -0.2) is 13.2 Å². The number of rotatable bonds is 4. The standard InChI is InChI=1S/C16H20N2O5S/c1-17-11-16(23-15(17)20)8-9-18(12-16)14(19)7-10-24(21,22)13-5-3-2-4-6-13/h2-6H,7-12H2,1H3/t16-/m1/s1. The van der Waals surface area contributed by atoms with E-state index in [2.05, 4.69) is 0 Å². The second kappa shape index (κ2) is 6.08. The molecule has 0 bridgehead atoms. The lowest BCUT2D eigenvalue weighted by molar-refractivity contribution is -0.130. The predicted molar refractivity (Wildman–Crippen MR) is 86.2 cm³/mol. The molecule has 2 fully saturated rings. The number of hydrogen-bond acceptors (Lipinski definition) is 5. The molecule has 1 spiro atoms. The molecular formula is C16H20N2O5S. The Morgan fingerprint density at radius 1 is 1.25 bits per heavy atom. The molecule has 0 radical (unpaired) electrons. The Morgan fingerprint density at radius 2 is 1.96 bits per heavy atom. The van der Waals surface area contributed by atoms with Gasteiger partial charge in [0.25, 0.3) is 0 Å². The van der Waals surface area contributed by atoms with Crippen molar-refractivity contribution in [2.45, 2.75) is 23.3 Å². The number of nitrogens with zero attached hydrogens (tertiary/aromatic N) is 2. The van der Waals surface area contributed by atoms with Crippen molar-refractivity contribution in [3.05, 3.63) is 30.3 Å².